The van der Waals surface area contributed by atoms with E-state index in [4.69, 9.17) is 0 Å². The second kappa shape index (κ2) is 12.3. The first-order valence-electron chi connectivity index (χ1n) is 14.1. The van der Waals surface area contributed by atoms with Crippen LogP contribution in [0.4, 0.5) is 0 Å². The van der Waals surface area contributed by atoms with Gasteiger partial charge in [0.1, 0.15) is 0 Å². The molecule has 4 aromatic carbocycles. The maximum absolute atomic E-state index is 2.71. The molecule has 40 heavy (non-hydrogen) atoms. The molecule has 2 atom stereocenters. The normalized spacial score (nSPS) is 18.2. The molecule has 0 aromatic heterocycles. The van der Waals surface area contributed by atoms with Gasteiger partial charge >= 0.3 is 238 Å². The first kappa shape index (κ1) is 29.8. The fourth-order valence-corrected chi connectivity index (χ4v) is 39.7. The van der Waals surface area contributed by atoms with E-state index in [1.54, 1.807) is 22.3 Å². The third-order valence-corrected chi connectivity index (χ3v) is 39.7. The number of benzene rings is 4. The van der Waals surface area contributed by atoms with Crippen molar-refractivity contribution >= 4 is 22.1 Å². The summed E-state index contributed by atoms with van der Waals surface area (Å²) in [6.45, 7) is 2.46. The van der Waals surface area contributed by atoms with E-state index in [0.717, 1.165) is 9.54 Å². The van der Waals surface area contributed by atoms with Crippen LogP contribution in [0.5, 0.6) is 0 Å². The Hall–Kier alpha value is -1.63. The number of allylic oxidation sites excluding steroid dienone is 2. The van der Waals surface area contributed by atoms with E-state index in [9.17, 15) is 0 Å². The van der Waals surface area contributed by atoms with Gasteiger partial charge in [-0.25, -0.2) is 0 Å². The van der Waals surface area contributed by atoms with E-state index in [0.29, 0.717) is 3.63 Å². The van der Waals surface area contributed by atoms with Crippen LogP contribution < -0.4 is 24.8 Å². The maximum atomic E-state index is 2.71. The number of hydrogen-bond acceptors (Lipinski definition) is 0. The van der Waals surface area contributed by atoms with Gasteiger partial charge in [0.2, 0.25) is 0 Å². The molecule has 0 saturated heterocycles. The molecule has 2 unspecified atom stereocenters. The summed E-state index contributed by atoms with van der Waals surface area (Å²) in [4.78, 5) is 0. The van der Waals surface area contributed by atoms with Crippen LogP contribution in [0, 0.1) is 5.92 Å². The van der Waals surface area contributed by atoms with Gasteiger partial charge < -0.3 is 24.8 Å². The van der Waals surface area contributed by atoms with Crippen molar-refractivity contribution in [2.45, 2.75) is 38.5 Å². The Labute approximate surface area is 260 Å². The summed E-state index contributed by atoms with van der Waals surface area (Å²) in [6.07, 6.45) is 8.03. The van der Waals surface area contributed by atoms with E-state index in [-0.39, 0.29) is 24.8 Å². The van der Waals surface area contributed by atoms with Crippen LogP contribution in [0.2, 0.25) is 11.5 Å². The monoisotopic (exact) mass is 700 g/mol. The molecule has 0 spiro atoms. The molecule has 0 N–H and O–H groups in total. The molecule has 0 nitrogen and oxygen atoms in total. The van der Waals surface area contributed by atoms with Crippen LogP contribution in [-0.2, 0) is 18.6 Å². The summed E-state index contributed by atoms with van der Waals surface area (Å²) in [7, 11) is -1.19. The minimum Gasteiger partial charge on any atom is -1.00 e. The predicted molar refractivity (Wildman–Crippen MR) is 161 cm³/mol. The Morgan fingerprint density at radius 3 is 1.60 bits per heavy atom. The fraction of sp³-hybridized carbons (Fsp3) is 0.222. The van der Waals surface area contributed by atoms with Crippen LogP contribution in [0.15, 0.2) is 108 Å². The quantitative estimate of drug-likeness (QED) is 0.278. The van der Waals surface area contributed by atoms with E-state index >= 15 is 0 Å². The standard InChI is InChI=1S/C18H15.C16H13.C2H6Ge.2ClH.Zr/c1-2-5-14(6-3-1)17-8-4-7-15-11-16(12-18(15)17)13-9-10-13;1-12-10-14-8-5-9-15(16(14)11-12)13-6-3-2-4-7-13;1-3-2;;;/h1-8,11-13H,9-10H2;2-11H,1H3;1-2H3;2*1H;/q;;;;;+2/p-2. The molecule has 0 amide bonds. The Bertz CT molecular complexity index is 1650. The summed E-state index contributed by atoms with van der Waals surface area (Å²) in [5.74, 6) is 6.25. The fourth-order valence-electron chi connectivity index (χ4n) is 6.99. The maximum Gasteiger partial charge on any atom is -1.00 e. The van der Waals surface area contributed by atoms with E-state index in [2.05, 4.69) is 128 Å². The van der Waals surface area contributed by atoms with Crippen molar-refractivity contribution in [2.24, 2.45) is 5.92 Å². The first-order chi connectivity index (χ1) is 18.6. The average molecular weight is 701 g/mol. The van der Waals surface area contributed by atoms with Crippen molar-refractivity contribution in [2.75, 3.05) is 0 Å². The number of fused-ring (bicyclic) bond motifs is 2. The molecule has 3 aliphatic carbocycles. The second-order valence-corrected chi connectivity index (χ2v) is 40.7. The molecular weight excluding hydrogens is 667 g/mol. The zero-order chi connectivity index (χ0) is 25.8. The largest absolute Gasteiger partial charge is 1.00 e. The summed E-state index contributed by atoms with van der Waals surface area (Å²) in [6, 6.07) is 36.5. The minimum atomic E-state index is -2.01. The van der Waals surface area contributed by atoms with Crippen molar-refractivity contribution in [3.63, 3.8) is 0 Å². The predicted octanol–water partition coefficient (Wildman–Crippen LogP) is 3.90. The first-order valence-corrected chi connectivity index (χ1v) is 28.5. The molecule has 1 saturated carbocycles. The molecule has 1 fully saturated rings. The van der Waals surface area contributed by atoms with Gasteiger partial charge in [0.15, 0.2) is 0 Å². The molecule has 7 rings (SSSR count). The summed E-state index contributed by atoms with van der Waals surface area (Å²) >= 11 is -2.01. The minimum absolute atomic E-state index is 0. The Kier molecular flexibility index (Phi) is 9.18. The molecule has 0 heterocycles. The number of hydrogen-bond donors (Lipinski definition) is 0. The van der Waals surface area contributed by atoms with Crippen molar-refractivity contribution in [3.8, 4) is 22.3 Å². The number of rotatable bonds is 5. The zero-order valence-corrected chi connectivity index (χ0v) is 29.4. The molecular formula is C36H34Cl2GeZr. The third kappa shape index (κ3) is 5.22. The molecule has 0 bridgehead atoms. The third-order valence-electron chi connectivity index (χ3n) is 8.79. The topological polar surface area (TPSA) is 0 Å². The Morgan fingerprint density at radius 1 is 0.600 bits per heavy atom. The van der Waals surface area contributed by atoms with Crippen molar-refractivity contribution in [1.29, 1.82) is 0 Å². The van der Waals surface area contributed by atoms with Gasteiger partial charge in [0.05, 0.1) is 0 Å². The van der Waals surface area contributed by atoms with Crippen LogP contribution in [-0.4, -0.2) is 9.98 Å². The molecule has 0 aliphatic heterocycles. The van der Waals surface area contributed by atoms with Crippen LogP contribution in [0.25, 0.3) is 34.4 Å². The van der Waals surface area contributed by atoms with Crippen LogP contribution >= 0.6 is 0 Å². The summed E-state index contributed by atoms with van der Waals surface area (Å²) < 4.78 is 1.45. The van der Waals surface area contributed by atoms with Gasteiger partial charge in [-0.1, -0.05) is 0 Å². The van der Waals surface area contributed by atoms with Gasteiger partial charge in [0.25, 0.3) is 0 Å². The van der Waals surface area contributed by atoms with Gasteiger partial charge in [-0.15, -0.1) is 0 Å². The van der Waals surface area contributed by atoms with Crippen molar-refractivity contribution in [3.05, 3.63) is 130 Å². The van der Waals surface area contributed by atoms with Crippen molar-refractivity contribution < 1.29 is 43.4 Å². The molecule has 4 heteroatoms. The molecule has 0 radical (unpaired) electrons. The van der Waals surface area contributed by atoms with Crippen LogP contribution in [0.3, 0.4) is 0 Å². The van der Waals surface area contributed by atoms with Crippen LogP contribution in [0.1, 0.15) is 49.3 Å². The zero-order valence-electron chi connectivity index (χ0n) is 23.3. The molecule has 4 aromatic rings. The van der Waals surface area contributed by atoms with Gasteiger partial charge in [0, 0.05) is 0 Å². The smallest absolute Gasteiger partial charge is 1.00 e. The summed E-state index contributed by atoms with van der Waals surface area (Å²) in [5, 5.41) is 0. The Morgan fingerprint density at radius 2 is 1.10 bits per heavy atom. The second-order valence-electron chi connectivity index (χ2n) is 11.5. The van der Waals surface area contributed by atoms with E-state index in [1.165, 1.54) is 40.7 Å². The number of halogens is 2. The van der Waals surface area contributed by atoms with Crippen molar-refractivity contribution in [1.82, 2.24) is 0 Å². The summed E-state index contributed by atoms with van der Waals surface area (Å²) in [5.41, 5.74) is 15.4. The van der Waals surface area contributed by atoms with E-state index < -0.39 is 28.6 Å². The Balaban J connectivity index is 0.00000161. The SMILES string of the molecule is CC1=Cc2c(-c3ccccc3)cccc2[CH]1[Zr+2]([CH]1C(C2CC2)=Cc2c(-c3ccccc3)cccc21)=[Ge]([CH3])[CH3].[Cl-].[Cl-]. The van der Waals surface area contributed by atoms with Gasteiger partial charge in [-0.3, -0.25) is 0 Å². The average Bonchev–Trinajstić information content (AvgIpc) is 3.65. The van der Waals surface area contributed by atoms with Gasteiger partial charge in [-0.05, 0) is 0 Å². The molecule has 3 aliphatic rings. The van der Waals surface area contributed by atoms with Gasteiger partial charge in [-0.2, -0.15) is 0 Å². The van der Waals surface area contributed by atoms with E-state index in [1.807, 2.05) is 5.57 Å². The molecule has 200 valence electrons.